The minimum Gasteiger partial charge on any atom is -0.497 e. The third-order valence-electron chi connectivity index (χ3n) is 3.06. The van der Waals surface area contributed by atoms with Crippen LogP contribution in [0.2, 0.25) is 0 Å². The molecule has 0 spiro atoms. The molecule has 0 aliphatic heterocycles. The van der Waals surface area contributed by atoms with Crippen molar-refractivity contribution in [1.82, 2.24) is 4.98 Å². The number of nitrogens with one attached hydrogen (secondary N) is 1. The van der Waals surface area contributed by atoms with E-state index in [9.17, 15) is 0 Å². The Bertz CT molecular complexity index is 543. The number of thiazole rings is 1. The topological polar surface area (TPSA) is 34.1 Å². The Morgan fingerprint density at radius 3 is 2.61 bits per heavy atom. The highest BCUT2D eigenvalue weighted by Gasteiger charge is 2.22. The van der Waals surface area contributed by atoms with Gasteiger partial charge in [-0.1, -0.05) is 0 Å². The summed E-state index contributed by atoms with van der Waals surface area (Å²) in [5.41, 5.74) is 2.22. The van der Waals surface area contributed by atoms with Crippen molar-refractivity contribution in [2.24, 2.45) is 0 Å². The number of hydrogen-bond acceptors (Lipinski definition) is 4. The molecule has 1 N–H and O–H groups in total. The molecular weight excluding hydrogens is 244 g/mol. The highest BCUT2D eigenvalue weighted by molar-refractivity contribution is 7.16. The SMILES string of the molecule is COc1ccc(-c2nc(NC3CC3)sc2C)cc1. The van der Waals surface area contributed by atoms with Gasteiger partial charge in [0.15, 0.2) is 5.13 Å². The zero-order valence-electron chi connectivity index (χ0n) is 10.6. The molecule has 1 heterocycles. The highest BCUT2D eigenvalue weighted by atomic mass is 32.1. The van der Waals surface area contributed by atoms with E-state index >= 15 is 0 Å². The van der Waals surface area contributed by atoms with E-state index in [1.807, 2.05) is 12.1 Å². The molecule has 0 radical (unpaired) electrons. The summed E-state index contributed by atoms with van der Waals surface area (Å²) in [6.07, 6.45) is 2.55. The Balaban J connectivity index is 1.86. The lowest BCUT2D eigenvalue weighted by molar-refractivity contribution is 0.415. The summed E-state index contributed by atoms with van der Waals surface area (Å²) in [7, 11) is 1.68. The molecule has 4 heteroatoms. The summed E-state index contributed by atoms with van der Waals surface area (Å²) in [5.74, 6) is 0.878. The second-order valence-electron chi connectivity index (χ2n) is 4.57. The largest absolute Gasteiger partial charge is 0.497 e. The molecule has 94 valence electrons. The number of ether oxygens (including phenoxy) is 1. The summed E-state index contributed by atoms with van der Waals surface area (Å²) in [6.45, 7) is 2.12. The van der Waals surface area contributed by atoms with Crippen LogP contribution in [0.5, 0.6) is 5.75 Å². The smallest absolute Gasteiger partial charge is 0.183 e. The molecule has 0 saturated heterocycles. The first kappa shape index (κ1) is 11.5. The van der Waals surface area contributed by atoms with Crippen LogP contribution in [0.1, 0.15) is 17.7 Å². The number of aryl methyl sites for hydroxylation is 1. The number of rotatable bonds is 4. The zero-order chi connectivity index (χ0) is 12.5. The number of aromatic nitrogens is 1. The van der Waals surface area contributed by atoms with Crippen LogP contribution in [-0.4, -0.2) is 18.1 Å². The molecule has 1 aliphatic carbocycles. The molecule has 0 amide bonds. The van der Waals surface area contributed by atoms with Crippen LogP contribution in [0.15, 0.2) is 24.3 Å². The lowest BCUT2D eigenvalue weighted by atomic mass is 10.1. The van der Waals surface area contributed by atoms with Crippen LogP contribution in [0.4, 0.5) is 5.13 Å². The molecule has 3 rings (SSSR count). The van der Waals surface area contributed by atoms with Gasteiger partial charge in [0.1, 0.15) is 5.75 Å². The first-order valence-electron chi connectivity index (χ1n) is 6.14. The molecule has 1 aliphatic rings. The van der Waals surface area contributed by atoms with E-state index < -0.39 is 0 Å². The Hall–Kier alpha value is -1.55. The van der Waals surface area contributed by atoms with Crippen molar-refractivity contribution in [2.75, 3.05) is 12.4 Å². The third-order valence-corrected chi connectivity index (χ3v) is 3.97. The van der Waals surface area contributed by atoms with Gasteiger partial charge in [-0.05, 0) is 44.0 Å². The van der Waals surface area contributed by atoms with Gasteiger partial charge in [0.2, 0.25) is 0 Å². The predicted octanol–water partition coefficient (Wildman–Crippen LogP) is 3.70. The van der Waals surface area contributed by atoms with E-state index in [4.69, 9.17) is 4.74 Å². The number of anilines is 1. The van der Waals surface area contributed by atoms with Crippen molar-refractivity contribution in [3.05, 3.63) is 29.1 Å². The second-order valence-corrected chi connectivity index (χ2v) is 5.77. The van der Waals surface area contributed by atoms with Gasteiger partial charge < -0.3 is 10.1 Å². The molecule has 1 aromatic heterocycles. The van der Waals surface area contributed by atoms with Crippen LogP contribution in [0.25, 0.3) is 11.3 Å². The van der Waals surface area contributed by atoms with Gasteiger partial charge in [0, 0.05) is 16.5 Å². The van der Waals surface area contributed by atoms with Gasteiger partial charge in [-0.15, -0.1) is 11.3 Å². The maximum absolute atomic E-state index is 5.17. The van der Waals surface area contributed by atoms with E-state index in [0.717, 1.165) is 22.1 Å². The third kappa shape index (κ3) is 2.34. The molecule has 2 aromatic rings. The first-order chi connectivity index (χ1) is 8.76. The Kier molecular flexibility index (Phi) is 2.96. The van der Waals surface area contributed by atoms with Crippen molar-refractivity contribution in [1.29, 1.82) is 0 Å². The van der Waals surface area contributed by atoms with E-state index in [1.165, 1.54) is 17.7 Å². The fraction of sp³-hybridized carbons (Fsp3) is 0.357. The molecular formula is C14H16N2OS. The molecule has 1 fully saturated rings. The van der Waals surface area contributed by atoms with Crippen LogP contribution >= 0.6 is 11.3 Å². The van der Waals surface area contributed by atoms with Crippen LogP contribution in [0, 0.1) is 6.92 Å². The molecule has 3 nitrogen and oxygen atoms in total. The van der Waals surface area contributed by atoms with Crippen molar-refractivity contribution in [3.8, 4) is 17.0 Å². The summed E-state index contributed by atoms with van der Waals surface area (Å²) in [6, 6.07) is 8.72. The number of hydrogen-bond donors (Lipinski definition) is 1. The molecule has 18 heavy (non-hydrogen) atoms. The lowest BCUT2D eigenvalue weighted by Gasteiger charge is -2.01. The van der Waals surface area contributed by atoms with Gasteiger partial charge in [-0.3, -0.25) is 0 Å². The van der Waals surface area contributed by atoms with Gasteiger partial charge in [-0.25, -0.2) is 4.98 Å². The summed E-state index contributed by atoms with van der Waals surface area (Å²) in [5, 5.41) is 4.49. The maximum atomic E-state index is 5.17. The second kappa shape index (κ2) is 4.61. The monoisotopic (exact) mass is 260 g/mol. The van der Waals surface area contributed by atoms with E-state index in [2.05, 4.69) is 29.4 Å². The molecule has 0 atom stereocenters. The van der Waals surface area contributed by atoms with Crippen molar-refractivity contribution in [3.63, 3.8) is 0 Å². The van der Waals surface area contributed by atoms with E-state index in [-0.39, 0.29) is 0 Å². The van der Waals surface area contributed by atoms with Crippen LogP contribution in [0.3, 0.4) is 0 Å². The van der Waals surface area contributed by atoms with Crippen LogP contribution < -0.4 is 10.1 Å². The average Bonchev–Trinajstić information content (AvgIpc) is 3.12. The van der Waals surface area contributed by atoms with E-state index in [1.54, 1.807) is 18.4 Å². The maximum Gasteiger partial charge on any atom is 0.183 e. The summed E-state index contributed by atoms with van der Waals surface area (Å²) < 4.78 is 5.17. The van der Waals surface area contributed by atoms with Crippen molar-refractivity contribution in [2.45, 2.75) is 25.8 Å². The van der Waals surface area contributed by atoms with Gasteiger partial charge in [-0.2, -0.15) is 0 Å². The van der Waals surface area contributed by atoms with Crippen molar-refractivity contribution >= 4 is 16.5 Å². The molecule has 0 unspecified atom stereocenters. The van der Waals surface area contributed by atoms with Gasteiger partial charge in [0.25, 0.3) is 0 Å². The average molecular weight is 260 g/mol. The molecule has 1 saturated carbocycles. The van der Waals surface area contributed by atoms with Crippen molar-refractivity contribution < 1.29 is 4.74 Å². The molecule has 1 aromatic carbocycles. The quantitative estimate of drug-likeness (QED) is 0.910. The standard InChI is InChI=1S/C14H16N2OS/c1-9-13(10-3-7-12(17-2)8-4-10)16-14(18-9)15-11-5-6-11/h3-4,7-8,11H,5-6H2,1-2H3,(H,15,16). The Morgan fingerprint density at radius 2 is 2.00 bits per heavy atom. The minimum absolute atomic E-state index is 0.652. The lowest BCUT2D eigenvalue weighted by Crippen LogP contribution is -1.99. The first-order valence-corrected chi connectivity index (χ1v) is 6.96. The fourth-order valence-corrected chi connectivity index (χ4v) is 2.79. The predicted molar refractivity (Wildman–Crippen MR) is 75.5 cm³/mol. The van der Waals surface area contributed by atoms with Crippen LogP contribution in [-0.2, 0) is 0 Å². The Labute approximate surface area is 111 Å². The summed E-state index contributed by atoms with van der Waals surface area (Å²) >= 11 is 1.73. The number of nitrogens with zero attached hydrogens (tertiary/aromatic N) is 1. The number of benzene rings is 1. The van der Waals surface area contributed by atoms with Gasteiger partial charge >= 0.3 is 0 Å². The fourth-order valence-electron chi connectivity index (χ4n) is 1.88. The normalized spacial score (nSPS) is 14.6. The summed E-state index contributed by atoms with van der Waals surface area (Å²) in [4.78, 5) is 5.94. The highest BCUT2D eigenvalue weighted by Crippen LogP contribution is 2.33. The Morgan fingerprint density at radius 1 is 1.28 bits per heavy atom. The minimum atomic E-state index is 0.652. The van der Waals surface area contributed by atoms with E-state index in [0.29, 0.717) is 6.04 Å². The number of methoxy groups -OCH3 is 1. The molecule has 0 bridgehead atoms. The van der Waals surface area contributed by atoms with Gasteiger partial charge in [0.05, 0.1) is 12.8 Å². The zero-order valence-corrected chi connectivity index (χ0v) is 11.4.